The molecule has 22 rings (SSSR count). The molecule has 3 heterocycles. The molecule has 14 aromatic carbocycles. The summed E-state index contributed by atoms with van der Waals surface area (Å²) in [5, 5.41) is 10.8. The van der Waals surface area contributed by atoms with Crippen LogP contribution >= 0.6 is 0 Å². The number of hydrogen-bond acceptors (Lipinski definition) is 5. The Morgan fingerprint density at radius 3 is 1.29 bits per heavy atom. The summed E-state index contributed by atoms with van der Waals surface area (Å²) in [6.45, 7) is 37.7. The standard InChI is InChI=1S/C106H88N2O3/c1-56-25-35-67(57(2)45-56)76-53-88-94(70-37-31-62(48-81(70)106(88,15)16)107-61-29-27-60(28-30-61)101(4,5)6)99-73-36-26-59(47-93(73)111-100(76)99)66-38-32-63(46-58(66)3)108(64-33-39-68-74-51-86-77(54-84(74)104(11,12)82(68)49-64)95-79(102(86,7)8)41-43-91-97(95)71-21-17-19-23-89(71)109-91)65-34-40-69-75-52-87-78(55-85(75)105(13,14)83(69)50-65)96-80(103(87,9)10)42-44-92-98(96)72-22-18-20-24-90(72)110-92/h17-55,107H,1-16H3. The van der Waals surface area contributed by atoms with E-state index in [2.05, 4.69) is 358 Å². The maximum absolute atomic E-state index is 7.43. The minimum Gasteiger partial charge on any atom is -0.456 e. The number of para-hydroxylation sites is 2. The van der Waals surface area contributed by atoms with Gasteiger partial charge in [-0.25, -0.2) is 0 Å². The molecule has 111 heavy (non-hydrogen) atoms. The third kappa shape index (κ3) is 8.95. The minimum absolute atomic E-state index is 0.0791. The molecule has 5 nitrogen and oxygen atoms in total. The molecule has 0 bridgehead atoms. The number of benzene rings is 14. The van der Waals surface area contributed by atoms with Gasteiger partial charge in [0.05, 0.1) is 0 Å². The van der Waals surface area contributed by atoms with E-state index in [4.69, 9.17) is 13.3 Å². The summed E-state index contributed by atoms with van der Waals surface area (Å²) in [7, 11) is 0. The van der Waals surface area contributed by atoms with E-state index in [1.807, 2.05) is 0 Å². The molecule has 0 unspecified atom stereocenters. The Morgan fingerprint density at radius 1 is 0.288 bits per heavy atom. The fourth-order valence-corrected chi connectivity index (χ4v) is 21.3. The van der Waals surface area contributed by atoms with Gasteiger partial charge in [-0.05, 0) is 298 Å². The second kappa shape index (κ2) is 22.0. The third-order valence-electron chi connectivity index (χ3n) is 27.3. The minimum atomic E-state index is -0.335. The first-order chi connectivity index (χ1) is 53.1. The SMILES string of the molecule is Cc1ccc(-c2cc3c(c4c2oc2cc(-c5ccc(N(c6ccc7c(c6)C(C)(C)c6cc8c(cc6-7)C(C)(C)c6ccc7oc9ccccc9c7c6-8)c6ccc7c(c6)C(C)(C)c6cc8c(cc6-7)C(C)(C)c6ccc7oc9ccccc9c7c6-8)cc5C)ccc24)-c2ccc(Nc4ccc(C(C)(C)C)cc4)cc2C3(C)C)c(C)c1. The summed E-state index contributed by atoms with van der Waals surface area (Å²) in [4.78, 5) is 2.54. The van der Waals surface area contributed by atoms with Crippen molar-refractivity contribution >= 4 is 94.3 Å². The monoisotopic (exact) mass is 1440 g/mol. The molecule has 0 atom stereocenters. The van der Waals surface area contributed by atoms with E-state index in [0.717, 1.165) is 84.0 Å². The summed E-state index contributed by atoms with van der Waals surface area (Å²) in [6.07, 6.45) is 0. The average Bonchev–Trinajstić information content (AvgIpc) is 1.54. The van der Waals surface area contributed by atoms with Crippen LogP contribution in [0.25, 0.3) is 144 Å². The fourth-order valence-electron chi connectivity index (χ4n) is 21.3. The first-order valence-electron chi connectivity index (χ1n) is 39.8. The second-order valence-corrected chi connectivity index (χ2v) is 36.6. The highest BCUT2D eigenvalue weighted by Crippen LogP contribution is 2.63. The summed E-state index contributed by atoms with van der Waals surface area (Å²) >= 11 is 0. The van der Waals surface area contributed by atoms with Crippen LogP contribution < -0.4 is 10.2 Å². The molecule has 0 aliphatic heterocycles. The van der Waals surface area contributed by atoms with Crippen LogP contribution in [0.3, 0.4) is 0 Å². The van der Waals surface area contributed by atoms with Gasteiger partial charge in [-0.3, -0.25) is 0 Å². The van der Waals surface area contributed by atoms with E-state index in [1.54, 1.807) is 0 Å². The Hall–Kier alpha value is -11.9. The maximum Gasteiger partial charge on any atom is 0.143 e. The van der Waals surface area contributed by atoms with Crippen molar-refractivity contribution in [3.05, 3.63) is 314 Å². The number of nitrogens with zero attached hydrogens (tertiary/aromatic N) is 1. The highest BCUT2D eigenvalue weighted by molar-refractivity contribution is 6.20. The van der Waals surface area contributed by atoms with Crippen molar-refractivity contribution in [2.45, 2.75) is 143 Å². The number of anilines is 5. The van der Waals surface area contributed by atoms with E-state index < -0.39 is 0 Å². The molecule has 0 amide bonds. The third-order valence-corrected chi connectivity index (χ3v) is 27.3. The Kier molecular flexibility index (Phi) is 13.1. The van der Waals surface area contributed by atoms with Crippen molar-refractivity contribution in [1.29, 1.82) is 0 Å². The quantitative estimate of drug-likeness (QED) is 0.172. The number of rotatable bonds is 7. The number of nitrogens with one attached hydrogen (secondary N) is 1. The van der Waals surface area contributed by atoms with E-state index >= 15 is 0 Å². The smallest absolute Gasteiger partial charge is 0.143 e. The maximum atomic E-state index is 7.43. The highest BCUT2D eigenvalue weighted by Gasteiger charge is 2.47. The van der Waals surface area contributed by atoms with E-state index in [1.165, 1.54) is 166 Å². The van der Waals surface area contributed by atoms with Crippen LogP contribution in [0.1, 0.15) is 168 Å². The van der Waals surface area contributed by atoms with E-state index in [9.17, 15) is 0 Å². The number of furan rings is 3. The van der Waals surface area contributed by atoms with Gasteiger partial charge in [-0.2, -0.15) is 0 Å². The predicted molar refractivity (Wildman–Crippen MR) is 464 cm³/mol. The highest BCUT2D eigenvalue weighted by atomic mass is 16.3. The largest absolute Gasteiger partial charge is 0.456 e. The molecule has 0 radical (unpaired) electrons. The molecule has 0 spiro atoms. The van der Waals surface area contributed by atoms with Gasteiger partial charge in [0.15, 0.2) is 0 Å². The van der Waals surface area contributed by atoms with Crippen LogP contribution in [0.5, 0.6) is 0 Å². The Morgan fingerprint density at radius 2 is 0.730 bits per heavy atom. The zero-order valence-electron chi connectivity index (χ0n) is 66.2. The Labute approximate surface area is 649 Å². The van der Waals surface area contributed by atoms with E-state index in [-0.39, 0.29) is 32.5 Å². The fraction of sp³-hybridized carbons (Fsp3) is 0.208. The first kappa shape index (κ1) is 66.1. The van der Waals surface area contributed by atoms with Crippen molar-refractivity contribution in [2.75, 3.05) is 10.2 Å². The molecule has 5 aliphatic rings. The van der Waals surface area contributed by atoms with Gasteiger partial charge in [0.25, 0.3) is 0 Å². The molecule has 0 saturated heterocycles. The molecule has 3 aromatic heterocycles. The Bertz CT molecular complexity index is 6830. The molecule has 17 aromatic rings. The van der Waals surface area contributed by atoms with Crippen LogP contribution in [0.4, 0.5) is 28.4 Å². The van der Waals surface area contributed by atoms with Crippen LogP contribution in [0.2, 0.25) is 0 Å². The lowest BCUT2D eigenvalue weighted by atomic mass is 9.79. The molecule has 1 N–H and O–H groups in total. The lowest BCUT2D eigenvalue weighted by molar-refractivity contribution is 0.590. The summed E-state index contributed by atoms with van der Waals surface area (Å²) < 4.78 is 20.6. The van der Waals surface area contributed by atoms with Gasteiger partial charge in [0.2, 0.25) is 0 Å². The topological polar surface area (TPSA) is 54.7 Å². The molecule has 5 heteroatoms. The predicted octanol–water partition coefficient (Wildman–Crippen LogP) is 29.7. The lowest BCUT2D eigenvalue weighted by Gasteiger charge is -2.30. The van der Waals surface area contributed by atoms with Crippen molar-refractivity contribution in [2.24, 2.45) is 0 Å². The van der Waals surface area contributed by atoms with Crippen molar-refractivity contribution in [3.63, 3.8) is 0 Å². The summed E-state index contributed by atoms with van der Waals surface area (Å²) in [6, 6.07) is 90.2. The van der Waals surface area contributed by atoms with Crippen LogP contribution in [0, 0.1) is 20.8 Å². The molecule has 5 aliphatic carbocycles. The summed E-state index contributed by atoms with van der Waals surface area (Å²) in [5.41, 5.74) is 45.6. The van der Waals surface area contributed by atoms with Gasteiger partial charge in [-0.1, -0.05) is 205 Å². The number of aryl methyl sites for hydroxylation is 3. The van der Waals surface area contributed by atoms with E-state index in [0.29, 0.717) is 0 Å². The summed E-state index contributed by atoms with van der Waals surface area (Å²) in [5.74, 6) is 0. The van der Waals surface area contributed by atoms with Crippen molar-refractivity contribution < 1.29 is 13.3 Å². The first-order valence-corrected chi connectivity index (χ1v) is 39.8. The molecular weight excluding hydrogens is 1350 g/mol. The zero-order chi connectivity index (χ0) is 76.0. The van der Waals surface area contributed by atoms with Crippen molar-refractivity contribution in [3.8, 4) is 77.9 Å². The number of hydrogen-bond donors (Lipinski definition) is 1. The molecule has 0 saturated carbocycles. The van der Waals surface area contributed by atoms with Gasteiger partial charge in [-0.15, -0.1) is 0 Å². The van der Waals surface area contributed by atoms with Crippen molar-refractivity contribution in [1.82, 2.24) is 0 Å². The van der Waals surface area contributed by atoms with Gasteiger partial charge < -0.3 is 23.5 Å². The molecule has 0 fully saturated rings. The van der Waals surface area contributed by atoms with Gasteiger partial charge >= 0.3 is 0 Å². The van der Waals surface area contributed by atoms with Gasteiger partial charge in [0.1, 0.15) is 33.5 Å². The van der Waals surface area contributed by atoms with Crippen LogP contribution in [0.15, 0.2) is 250 Å². The molecule has 540 valence electrons. The Balaban J connectivity index is 0.682. The van der Waals surface area contributed by atoms with Crippen LogP contribution in [-0.2, 0) is 32.5 Å². The molecular formula is C106H88N2O3. The lowest BCUT2D eigenvalue weighted by Crippen LogP contribution is -2.18. The van der Waals surface area contributed by atoms with Crippen LogP contribution in [-0.4, -0.2) is 0 Å². The second-order valence-electron chi connectivity index (χ2n) is 36.6. The average molecular weight is 1440 g/mol. The zero-order valence-corrected chi connectivity index (χ0v) is 66.2. The number of fused-ring (bicyclic) bond motifs is 27. The van der Waals surface area contributed by atoms with Gasteiger partial charge in [0, 0.05) is 93.4 Å². The normalized spacial score (nSPS) is 15.7.